The molecule has 0 atom stereocenters. The van der Waals surface area contributed by atoms with Crippen molar-refractivity contribution in [3.8, 4) is 5.75 Å². The van der Waals surface area contributed by atoms with Crippen LogP contribution >= 0.6 is 11.3 Å². The van der Waals surface area contributed by atoms with E-state index in [9.17, 15) is 9.59 Å². The van der Waals surface area contributed by atoms with Gasteiger partial charge in [-0.05, 0) is 61.9 Å². The van der Waals surface area contributed by atoms with Crippen molar-refractivity contribution in [3.05, 3.63) is 76.2 Å². The highest BCUT2D eigenvalue weighted by atomic mass is 32.1. The van der Waals surface area contributed by atoms with E-state index in [-0.39, 0.29) is 18.4 Å². The molecule has 4 rings (SSSR count). The van der Waals surface area contributed by atoms with Crippen LogP contribution in [0.2, 0.25) is 0 Å². The highest BCUT2D eigenvalue weighted by Crippen LogP contribution is 2.38. The Bertz CT molecular complexity index is 1130. The van der Waals surface area contributed by atoms with E-state index in [0.29, 0.717) is 28.5 Å². The van der Waals surface area contributed by atoms with Crippen molar-refractivity contribution in [3.63, 3.8) is 0 Å². The fourth-order valence-electron chi connectivity index (χ4n) is 4.25. The summed E-state index contributed by atoms with van der Waals surface area (Å²) in [5, 5.41) is 9.84. The number of ether oxygens (including phenoxy) is 1. The van der Waals surface area contributed by atoms with Gasteiger partial charge in [-0.2, -0.15) is 0 Å². The van der Waals surface area contributed by atoms with Crippen LogP contribution in [0.25, 0.3) is 0 Å². The Labute approximate surface area is 204 Å². The molecule has 34 heavy (non-hydrogen) atoms. The molecule has 2 amide bonds. The molecule has 1 aromatic heterocycles. The number of thiophene rings is 1. The van der Waals surface area contributed by atoms with Crippen molar-refractivity contribution in [2.75, 3.05) is 30.8 Å². The predicted molar refractivity (Wildman–Crippen MR) is 138 cm³/mol. The quantitative estimate of drug-likeness (QED) is 0.298. The lowest BCUT2D eigenvalue weighted by Gasteiger charge is -2.12. The molecule has 0 fully saturated rings. The Morgan fingerprint density at radius 1 is 0.941 bits per heavy atom. The number of para-hydroxylation sites is 2. The van der Waals surface area contributed by atoms with Crippen LogP contribution in [0.4, 0.5) is 10.7 Å². The van der Waals surface area contributed by atoms with E-state index >= 15 is 0 Å². The molecule has 1 aliphatic rings. The molecule has 0 radical (unpaired) electrons. The molecule has 6 nitrogen and oxygen atoms in total. The molecular weight excluding hydrogens is 446 g/mol. The number of carbonyl (C=O) groups excluding carboxylic acids is 2. The molecule has 0 saturated heterocycles. The monoisotopic (exact) mass is 477 g/mol. The van der Waals surface area contributed by atoms with Crippen LogP contribution in [0.5, 0.6) is 5.75 Å². The second-order valence-electron chi connectivity index (χ2n) is 8.38. The minimum atomic E-state index is -0.212. The summed E-state index contributed by atoms with van der Waals surface area (Å²) in [6.45, 7) is 0.905. The van der Waals surface area contributed by atoms with E-state index in [1.54, 1.807) is 7.11 Å². The third-order valence-electron chi connectivity index (χ3n) is 5.98. The smallest absolute Gasteiger partial charge is 0.259 e. The van der Waals surface area contributed by atoms with Gasteiger partial charge in [-0.25, -0.2) is 0 Å². The van der Waals surface area contributed by atoms with Crippen LogP contribution in [0.15, 0.2) is 54.6 Å². The van der Waals surface area contributed by atoms with Gasteiger partial charge in [0.25, 0.3) is 5.91 Å². The molecule has 2 aromatic carbocycles. The number of rotatable bonds is 9. The summed E-state index contributed by atoms with van der Waals surface area (Å²) in [6, 6.07) is 17.5. The van der Waals surface area contributed by atoms with Crippen LogP contribution in [0, 0.1) is 0 Å². The maximum atomic E-state index is 13.4. The molecular formula is C27H31N3O3S. The zero-order valence-electron chi connectivity index (χ0n) is 19.5. The minimum absolute atomic E-state index is 0.143. The summed E-state index contributed by atoms with van der Waals surface area (Å²) in [5.74, 6) is 0.248. The van der Waals surface area contributed by atoms with Gasteiger partial charge < -0.3 is 20.7 Å². The zero-order chi connectivity index (χ0) is 23.8. The predicted octanol–water partition coefficient (Wildman–Crippen LogP) is 5.05. The first-order valence-electron chi connectivity index (χ1n) is 11.8. The molecule has 0 spiro atoms. The van der Waals surface area contributed by atoms with E-state index < -0.39 is 0 Å². The van der Waals surface area contributed by atoms with Crippen molar-refractivity contribution >= 4 is 33.8 Å². The van der Waals surface area contributed by atoms with Gasteiger partial charge in [0.05, 0.1) is 24.9 Å². The van der Waals surface area contributed by atoms with Gasteiger partial charge in [-0.15, -0.1) is 11.3 Å². The van der Waals surface area contributed by atoms with Crippen molar-refractivity contribution in [1.29, 1.82) is 0 Å². The maximum Gasteiger partial charge on any atom is 0.259 e. The molecule has 1 heterocycles. The van der Waals surface area contributed by atoms with Gasteiger partial charge in [0.2, 0.25) is 5.91 Å². The average Bonchev–Trinajstić information content (AvgIpc) is 3.02. The lowest BCUT2D eigenvalue weighted by molar-refractivity contribution is -0.115. The highest BCUT2D eigenvalue weighted by Gasteiger charge is 2.26. The number of anilines is 2. The van der Waals surface area contributed by atoms with Gasteiger partial charge in [0.15, 0.2) is 0 Å². The first kappa shape index (κ1) is 24.0. The van der Waals surface area contributed by atoms with Crippen LogP contribution in [0.3, 0.4) is 0 Å². The van der Waals surface area contributed by atoms with Gasteiger partial charge in [0, 0.05) is 4.88 Å². The summed E-state index contributed by atoms with van der Waals surface area (Å²) in [4.78, 5) is 27.3. The van der Waals surface area contributed by atoms with Gasteiger partial charge in [0.1, 0.15) is 10.8 Å². The Morgan fingerprint density at radius 2 is 1.71 bits per heavy atom. The zero-order valence-corrected chi connectivity index (χ0v) is 20.3. The van der Waals surface area contributed by atoms with E-state index in [2.05, 4.69) is 28.1 Å². The number of nitrogens with one attached hydrogen (secondary N) is 3. The number of methoxy groups -OCH3 is 1. The van der Waals surface area contributed by atoms with Gasteiger partial charge in [-0.1, -0.05) is 48.9 Å². The van der Waals surface area contributed by atoms with E-state index in [0.717, 1.165) is 44.1 Å². The van der Waals surface area contributed by atoms with Crippen LogP contribution in [-0.2, 0) is 24.1 Å². The third-order valence-corrected chi connectivity index (χ3v) is 7.18. The largest absolute Gasteiger partial charge is 0.495 e. The minimum Gasteiger partial charge on any atom is -0.495 e. The molecule has 1 aliphatic carbocycles. The topological polar surface area (TPSA) is 79.5 Å². The summed E-state index contributed by atoms with van der Waals surface area (Å²) in [7, 11) is 1.58. The Balaban J connectivity index is 1.46. The van der Waals surface area contributed by atoms with Crippen LogP contribution in [-0.4, -0.2) is 32.0 Å². The Kier molecular flexibility index (Phi) is 8.33. The normalized spacial score (nSPS) is 13.0. The average molecular weight is 478 g/mol. The lowest BCUT2D eigenvalue weighted by Crippen LogP contribution is -2.30. The van der Waals surface area contributed by atoms with Crippen molar-refractivity contribution < 1.29 is 14.3 Å². The summed E-state index contributed by atoms with van der Waals surface area (Å²) in [6.07, 6.45) is 5.96. The summed E-state index contributed by atoms with van der Waals surface area (Å²) >= 11 is 1.54. The fraction of sp³-hybridized carbons (Fsp3) is 0.333. The first-order valence-corrected chi connectivity index (χ1v) is 12.6. The number of fused-ring (bicyclic) bond motifs is 1. The SMILES string of the molecule is COc1ccccc1NC(=O)c1c(NC(=O)CNCCc2ccccc2)sc2c1CCCCC2. The molecule has 7 heteroatoms. The van der Waals surface area contributed by atoms with Crippen molar-refractivity contribution in [2.24, 2.45) is 0 Å². The Morgan fingerprint density at radius 3 is 2.53 bits per heavy atom. The van der Waals surface area contributed by atoms with Crippen molar-refractivity contribution in [1.82, 2.24) is 5.32 Å². The molecule has 0 aliphatic heterocycles. The standard InChI is InChI=1S/C27H31N3O3S/c1-33-22-14-9-8-13-21(22)29-26(32)25-20-12-6-3-7-15-23(20)34-27(25)30-24(31)18-28-17-16-19-10-4-2-5-11-19/h2,4-5,8-11,13-14,28H,3,6-7,12,15-18H2,1H3,(H,29,32)(H,30,31). The Hall–Kier alpha value is -3.16. The number of amides is 2. The van der Waals surface area contributed by atoms with E-state index in [4.69, 9.17) is 4.74 Å². The number of aryl methyl sites for hydroxylation is 1. The second kappa shape index (κ2) is 11.8. The second-order valence-corrected chi connectivity index (χ2v) is 9.49. The number of hydrogen-bond donors (Lipinski definition) is 3. The van der Waals surface area contributed by atoms with Crippen LogP contribution in [0.1, 0.15) is 45.6 Å². The van der Waals surface area contributed by atoms with Crippen molar-refractivity contribution in [2.45, 2.75) is 38.5 Å². The molecule has 3 aromatic rings. The van der Waals surface area contributed by atoms with E-state index in [1.807, 2.05) is 42.5 Å². The fourth-order valence-corrected chi connectivity index (χ4v) is 5.56. The number of carbonyl (C=O) groups is 2. The molecule has 3 N–H and O–H groups in total. The number of benzene rings is 2. The third kappa shape index (κ3) is 6.04. The lowest BCUT2D eigenvalue weighted by atomic mass is 10.0. The maximum absolute atomic E-state index is 13.4. The summed E-state index contributed by atoms with van der Waals surface area (Å²) in [5.41, 5.74) is 3.50. The van der Waals surface area contributed by atoms with Crippen LogP contribution < -0.4 is 20.7 Å². The van der Waals surface area contributed by atoms with Gasteiger partial charge in [-0.3, -0.25) is 9.59 Å². The molecule has 0 saturated carbocycles. The van der Waals surface area contributed by atoms with E-state index in [1.165, 1.54) is 21.8 Å². The molecule has 178 valence electrons. The number of hydrogen-bond acceptors (Lipinski definition) is 5. The molecule has 0 unspecified atom stereocenters. The highest BCUT2D eigenvalue weighted by molar-refractivity contribution is 7.17. The van der Waals surface area contributed by atoms with Gasteiger partial charge >= 0.3 is 0 Å². The first-order chi connectivity index (χ1) is 16.7. The summed E-state index contributed by atoms with van der Waals surface area (Å²) < 4.78 is 5.39. The molecule has 0 bridgehead atoms.